The van der Waals surface area contributed by atoms with Gasteiger partial charge in [0.25, 0.3) is 5.89 Å². The number of nitrogens with one attached hydrogen (secondary N) is 1. The molecule has 7 nitrogen and oxygen atoms in total. The van der Waals surface area contributed by atoms with Crippen LogP contribution in [0.1, 0.15) is 62.8 Å². The third-order valence-electron chi connectivity index (χ3n) is 4.35. The molecule has 2 fully saturated rings. The average Bonchev–Trinajstić information content (AvgIpc) is 3.15. The molecule has 0 radical (unpaired) electrons. The maximum atomic E-state index is 5.97. The second kappa shape index (κ2) is 8.81. The quantitative estimate of drug-likeness (QED) is 0.428. The Morgan fingerprint density at radius 3 is 2.74 bits per heavy atom. The van der Waals surface area contributed by atoms with Crippen molar-refractivity contribution in [3.05, 3.63) is 11.7 Å². The van der Waals surface area contributed by atoms with E-state index >= 15 is 0 Å². The van der Waals surface area contributed by atoms with Gasteiger partial charge in [-0.05, 0) is 32.6 Å². The molecule has 0 amide bonds. The Morgan fingerprint density at radius 1 is 1.26 bits per heavy atom. The lowest BCUT2D eigenvalue weighted by Gasteiger charge is -2.23. The third-order valence-corrected chi connectivity index (χ3v) is 4.35. The summed E-state index contributed by atoms with van der Waals surface area (Å²) in [7, 11) is 0. The Kier molecular flexibility index (Phi) is 7.07. The van der Waals surface area contributed by atoms with Gasteiger partial charge in [0.15, 0.2) is 11.8 Å². The fourth-order valence-electron chi connectivity index (χ4n) is 3.17. The van der Waals surface area contributed by atoms with Crippen molar-refractivity contribution in [1.29, 1.82) is 0 Å². The van der Waals surface area contributed by atoms with E-state index in [2.05, 4.69) is 20.4 Å². The lowest BCUT2D eigenvalue weighted by molar-refractivity contribution is 0.0309. The topological polar surface area (TPSA) is 98.6 Å². The predicted octanol–water partition coefficient (Wildman–Crippen LogP) is 2.45. The standard InChI is InChI=1S/C15H25N5O2.HI/c1-10-18-14(22-20-10)13-8-7-12(21-13)9-17-15(16)19-11-5-3-2-4-6-11;/h11-13H,2-9H2,1H3,(H3,16,17,19);1H/t12-,13+;/m1./s1. The zero-order valence-corrected chi connectivity index (χ0v) is 15.9. The molecule has 2 aliphatic rings. The second-order valence-electron chi connectivity index (χ2n) is 6.21. The van der Waals surface area contributed by atoms with Gasteiger partial charge in [-0.1, -0.05) is 24.4 Å². The first-order valence-corrected chi connectivity index (χ1v) is 8.23. The van der Waals surface area contributed by atoms with Crippen molar-refractivity contribution in [1.82, 2.24) is 15.5 Å². The van der Waals surface area contributed by atoms with Crippen molar-refractivity contribution >= 4 is 29.9 Å². The highest BCUT2D eigenvalue weighted by Crippen LogP contribution is 2.31. The van der Waals surface area contributed by atoms with Crippen LogP contribution < -0.4 is 11.1 Å². The van der Waals surface area contributed by atoms with Crippen LogP contribution in [0.3, 0.4) is 0 Å². The molecule has 0 bridgehead atoms. The Balaban J connectivity index is 0.00000192. The molecule has 8 heteroatoms. The molecular formula is C15H26IN5O2. The number of aryl methyl sites for hydroxylation is 1. The fourth-order valence-corrected chi connectivity index (χ4v) is 3.17. The maximum absolute atomic E-state index is 5.97. The lowest BCUT2D eigenvalue weighted by Crippen LogP contribution is -2.41. The van der Waals surface area contributed by atoms with E-state index in [1.54, 1.807) is 6.92 Å². The number of aliphatic imine (C=N–C) groups is 1. The summed E-state index contributed by atoms with van der Waals surface area (Å²) in [6, 6.07) is 0.483. The van der Waals surface area contributed by atoms with Crippen molar-refractivity contribution in [2.24, 2.45) is 10.7 Å². The Bertz CT molecular complexity index is 516. The SMILES string of the molecule is Cc1noc([C@@H]2CC[C@H](CN=C(N)NC3CCCCC3)O2)n1.I. The summed E-state index contributed by atoms with van der Waals surface area (Å²) in [5.74, 6) is 1.74. The van der Waals surface area contributed by atoms with Gasteiger partial charge in [0, 0.05) is 6.04 Å². The molecule has 1 aliphatic carbocycles. The lowest BCUT2D eigenvalue weighted by atomic mass is 9.96. The zero-order valence-electron chi connectivity index (χ0n) is 13.5. The van der Waals surface area contributed by atoms with Crippen LogP contribution in [-0.2, 0) is 4.74 Å². The number of rotatable bonds is 4. The van der Waals surface area contributed by atoms with E-state index in [4.69, 9.17) is 15.0 Å². The largest absolute Gasteiger partial charge is 0.370 e. The molecule has 0 aromatic carbocycles. The van der Waals surface area contributed by atoms with Crippen LogP contribution in [0.2, 0.25) is 0 Å². The number of ether oxygens (including phenoxy) is 1. The van der Waals surface area contributed by atoms with Crippen molar-refractivity contribution in [2.45, 2.75) is 70.1 Å². The third kappa shape index (κ3) is 5.30. The minimum absolute atomic E-state index is 0. The van der Waals surface area contributed by atoms with E-state index in [9.17, 15) is 0 Å². The Hall–Kier alpha value is -0.900. The van der Waals surface area contributed by atoms with Crippen molar-refractivity contribution in [3.8, 4) is 0 Å². The highest BCUT2D eigenvalue weighted by Gasteiger charge is 2.30. The molecule has 3 rings (SSSR count). The first kappa shape index (κ1) is 18.4. The number of hydrogen-bond donors (Lipinski definition) is 2. The van der Waals surface area contributed by atoms with Crippen LogP contribution in [0.25, 0.3) is 0 Å². The Morgan fingerprint density at radius 2 is 2.04 bits per heavy atom. The highest BCUT2D eigenvalue weighted by molar-refractivity contribution is 14.0. The van der Waals surface area contributed by atoms with Gasteiger partial charge in [-0.3, -0.25) is 4.99 Å². The van der Waals surface area contributed by atoms with Crippen LogP contribution in [0.4, 0.5) is 0 Å². The molecule has 1 aromatic heterocycles. The number of halogens is 1. The summed E-state index contributed by atoms with van der Waals surface area (Å²) in [6.45, 7) is 2.39. The van der Waals surface area contributed by atoms with Gasteiger partial charge in [-0.2, -0.15) is 4.98 Å². The molecular weight excluding hydrogens is 409 g/mol. The summed E-state index contributed by atoms with van der Waals surface area (Å²) >= 11 is 0. The molecule has 1 aromatic rings. The highest BCUT2D eigenvalue weighted by atomic mass is 127. The molecule has 2 atom stereocenters. The number of nitrogens with two attached hydrogens (primary N) is 1. The molecule has 1 saturated carbocycles. The van der Waals surface area contributed by atoms with Gasteiger partial charge < -0.3 is 20.3 Å². The van der Waals surface area contributed by atoms with Gasteiger partial charge in [-0.25, -0.2) is 0 Å². The van der Waals surface area contributed by atoms with Crippen LogP contribution in [-0.4, -0.2) is 34.8 Å². The molecule has 0 spiro atoms. The average molecular weight is 435 g/mol. The summed E-state index contributed by atoms with van der Waals surface area (Å²) < 4.78 is 11.1. The number of aromatic nitrogens is 2. The second-order valence-corrected chi connectivity index (χ2v) is 6.21. The van der Waals surface area contributed by atoms with E-state index in [0.29, 0.717) is 30.3 Å². The molecule has 130 valence electrons. The van der Waals surface area contributed by atoms with E-state index < -0.39 is 0 Å². The van der Waals surface area contributed by atoms with E-state index in [-0.39, 0.29) is 36.2 Å². The summed E-state index contributed by atoms with van der Waals surface area (Å²) in [5.41, 5.74) is 5.97. The number of hydrogen-bond acceptors (Lipinski definition) is 5. The van der Waals surface area contributed by atoms with Gasteiger partial charge in [-0.15, -0.1) is 24.0 Å². The summed E-state index contributed by atoms with van der Waals surface area (Å²) in [4.78, 5) is 8.65. The van der Waals surface area contributed by atoms with Crippen molar-refractivity contribution in [3.63, 3.8) is 0 Å². The van der Waals surface area contributed by atoms with Gasteiger partial charge in [0.05, 0.1) is 12.6 Å². The molecule has 1 aliphatic heterocycles. The molecule has 1 saturated heterocycles. The van der Waals surface area contributed by atoms with Gasteiger partial charge >= 0.3 is 0 Å². The first-order chi connectivity index (χ1) is 10.7. The monoisotopic (exact) mass is 435 g/mol. The van der Waals surface area contributed by atoms with Gasteiger partial charge in [0.2, 0.25) is 0 Å². The zero-order chi connectivity index (χ0) is 15.4. The molecule has 23 heavy (non-hydrogen) atoms. The molecule has 2 heterocycles. The van der Waals surface area contributed by atoms with Crippen molar-refractivity contribution < 1.29 is 9.26 Å². The number of nitrogens with zero attached hydrogens (tertiary/aromatic N) is 3. The molecule has 3 N–H and O–H groups in total. The van der Waals surface area contributed by atoms with E-state index in [1.807, 2.05) is 0 Å². The Labute approximate surface area is 153 Å². The minimum atomic E-state index is -0.103. The van der Waals surface area contributed by atoms with E-state index in [1.165, 1.54) is 32.1 Å². The normalized spacial score (nSPS) is 26.0. The summed E-state index contributed by atoms with van der Waals surface area (Å²) in [6.07, 6.45) is 8.07. The van der Waals surface area contributed by atoms with Crippen LogP contribution in [0.15, 0.2) is 9.52 Å². The molecule has 0 unspecified atom stereocenters. The maximum Gasteiger partial charge on any atom is 0.255 e. The minimum Gasteiger partial charge on any atom is -0.370 e. The van der Waals surface area contributed by atoms with Crippen LogP contribution >= 0.6 is 24.0 Å². The predicted molar refractivity (Wildman–Crippen MR) is 97.8 cm³/mol. The fraction of sp³-hybridized carbons (Fsp3) is 0.800. The number of guanidine groups is 1. The smallest absolute Gasteiger partial charge is 0.255 e. The first-order valence-electron chi connectivity index (χ1n) is 8.23. The van der Waals surface area contributed by atoms with Crippen LogP contribution in [0, 0.1) is 6.92 Å². The van der Waals surface area contributed by atoms with Crippen LogP contribution in [0.5, 0.6) is 0 Å². The van der Waals surface area contributed by atoms with E-state index in [0.717, 1.165) is 12.8 Å². The van der Waals surface area contributed by atoms with Crippen molar-refractivity contribution in [2.75, 3.05) is 6.54 Å². The van der Waals surface area contributed by atoms with Gasteiger partial charge in [0.1, 0.15) is 6.10 Å². The summed E-state index contributed by atoms with van der Waals surface area (Å²) in [5, 5.41) is 7.12.